The van der Waals surface area contributed by atoms with Gasteiger partial charge < -0.3 is 14.6 Å². The predicted molar refractivity (Wildman–Crippen MR) is 90.2 cm³/mol. The number of rotatable bonds is 8. The number of hydrogen-bond donors (Lipinski definition) is 1. The van der Waals surface area contributed by atoms with Crippen LogP contribution in [0.3, 0.4) is 0 Å². The van der Waals surface area contributed by atoms with Crippen LogP contribution in [0.4, 0.5) is 0 Å². The van der Waals surface area contributed by atoms with Gasteiger partial charge in [0.2, 0.25) is 0 Å². The van der Waals surface area contributed by atoms with Gasteiger partial charge in [0.25, 0.3) is 0 Å². The Morgan fingerprint density at radius 3 is 2.32 bits per heavy atom. The normalized spacial score (nSPS) is 10.3. The first-order valence-corrected chi connectivity index (χ1v) is 7.56. The molecule has 0 fully saturated rings. The van der Waals surface area contributed by atoms with Gasteiger partial charge in [-0.15, -0.1) is 0 Å². The van der Waals surface area contributed by atoms with E-state index >= 15 is 0 Å². The molecule has 2 rings (SSSR count). The Hall–Kier alpha value is -2.99. The van der Waals surface area contributed by atoms with Gasteiger partial charge in [-0.2, -0.15) is 0 Å². The summed E-state index contributed by atoms with van der Waals surface area (Å²) in [5.41, 5.74) is 1.60. The fourth-order valence-corrected chi connectivity index (χ4v) is 2.17. The summed E-state index contributed by atoms with van der Waals surface area (Å²) in [7, 11) is 0. The molecule has 0 radical (unpaired) electrons. The molecular weight excluding hydrogens is 324 g/mol. The van der Waals surface area contributed by atoms with Crippen molar-refractivity contribution < 1.29 is 29.0 Å². The molecule has 6 nitrogen and oxygen atoms in total. The molecule has 2 aromatic carbocycles. The van der Waals surface area contributed by atoms with Crippen LogP contribution in [0.15, 0.2) is 36.4 Å². The van der Waals surface area contributed by atoms with Crippen LogP contribution in [0.25, 0.3) is 0 Å². The van der Waals surface area contributed by atoms with Crippen molar-refractivity contribution in [1.82, 2.24) is 0 Å². The highest BCUT2D eigenvalue weighted by Crippen LogP contribution is 2.21. The number of hydrogen-bond acceptors (Lipinski definition) is 6. The van der Waals surface area contributed by atoms with Crippen LogP contribution in [0.1, 0.15) is 50.5 Å². The standard InChI is InChI=1S/C19H18O6/c1-12(21)14-3-5-18(23)17(8-14)10-24-11-25-19-6-4-15(13(2)22)7-16(19)9-20/h3-9,23H,10-11H2,1-2H3. The van der Waals surface area contributed by atoms with Crippen LogP contribution in [-0.4, -0.2) is 29.8 Å². The number of phenolic OH excluding ortho intramolecular Hbond substituents is 1. The van der Waals surface area contributed by atoms with Gasteiger partial charge in [-0.1, -0.05) is 0 Å². The van der Waals surface area contributed by atoms with E-state index in [1.54, 1.807) is 12.1 Å². The molecule has 0 saturated heterocycles. The fourth-order valence-electron chi connectivity index (χ4n) is 2.17. The van der Waals surface area contributed by atoms with E-state index in [0.717, 1.165) is 0 Å². The monoisotopic (exact) mass is 342 g/mol. The third-order valence-corrected chi connectivity index (χ3v) is 3.58. The molecule has 0 amide bonds. The summed E-state index contributed by atoms with van der Waals surface area (Å²) in [6, 6.07) is 9.05. The fraction of sp³-hybridized carbons (Fsp3) is 0.211. The second kappa shape index (κ2) is 8.21. The van der Waals surface area contributed by atoms with E-state index in [-0.39, 0.29) is 36.3 Å². The van der Waals surface area contributed by atoms with E-state index in [2.05, 4.69) is 0 Å². The van der Waals surface area contributed by atoms with Crippen molar-refractivity contribution in [3.05, 3.63) is 58.7 Å². The van der Waals surface area contributed by atoms with Crippen molar-refractivity contribution in [2.45, 2.75) is 20.5 Å². The zero-order valence-electron chi connectivity index (χ0n) is 13.9. The van der Waals surface area contributed by atoms with Crippen LogP contribution >= 0.6 is 0 Å². The molecular formula is C19H18O6. The van der Waals surface area contributed by atoms with Gasteiger partial charge in [-0.3, -0.25) is 14.4 Å². The first kappa shape index (κ1) is 18.4. The SMILES string of the molecule is CC(=O)c1ccc(OCOCc2cc(C(C)=O)ccc2O)c(C=O)c1. The van der Waals surface area contributed by atoms with E-state index in [4.69, 9.17) is 9.47 Å². The van der Waals surface area contributed by atoms with Gasteiger partial charge >= 0.3 is 0 Å². The van der Waals surface area contributed by atoms with Crippen LogP contribution in [0, 0.1) is 0 Å². The summed E-state index contributed by atoms with van der Waals surface area (Å²) >= 11 is 0. The molecule has 0 heterocycles. The molecule has 25 heavy (non-hydrogen) atoms. The number of benzene rings is 2. The number of Topliss-reactive ketones (excluding diaryl/α,β-unsaturated/α-hetero) is 2. The molecule has 0 aromatic heterocycles. The zero-order chi connectivity index (χ0) is 18.4. The van der Waals surface area contributed by atoms with Gasteiger partial charge in [0.1, 0.15) is 11.5 Å². The first-order chi connectivity index (χ1) is 11.9. The lowest BCUT2D eigenvalue weighted by molar-refractivity contribution is 0.00412. The Kier molecular flexibility index (Phi) is 6.03. The Morgan fingerprint density at radius 2 is 1.68 bits per heavy atom. The largest absolute Gasteiger partial charge is 0.508 e. The van der Waals surface area contributed by atoms with Crippen LogP contribution in [0.2, 0.25) is 0 Å². The predicted octanol–water partition coefficient (Wildman–Crippen LogP) is 3.16. The molecule has 0 bridgehead atoms. The number of aldehydes is 1. The van der Waals surface area contributed by atoms with Gasteiger partial charge in [0.15, 0.2) is 24.6 Å². The average molecular weight is 342 g/mol. The van der Waals surface area contributed by atoms with Gasteiger partial charge in [-0.05, 0) is 50.2 Å². The lowest BCUT2D eigenvalue weighted by Crippen LogP contribution is -2.06. The molecule has 130 valence electrons. The van der Waals surface area contributed by atoms with Crippen LogP contribution in [0.5, 0.6) is 11.5 Å². The number of aromatic hydroxyl groups is 1. The molecule has 0 aliphatic carbocycles. The van der Waals surface area contributed by atoms with E-state index in [1.807, 2.05) is 0 Å². The van der Waals surface area contributed by atoms with Crippen molar-refractivity contribution in [2.24, 2.45) is 0 Å². The Morgan fingerprint density at radius 1 is 1.04 bits per heavy atom. The summed E-state index contributed by atoms with van der Waals surface area (Å²) in [4.78, 5) is 33.8. The van der Waals surface area contributed by atoms with Crippen molar-refractivity contribution in [3.63, 3.8) is 0 Å². The lowest BCUT2D eigenvalue weighted by atomic mass is 10.1. The summed E-state index contributed by atoms with van der Waals surface area (Å²) in [5, 5.41) is 9.79. The Balaban J connectivity index is 1.98. The molecule has 0 spiro atoms. The van der Waals surface area contributed by atoms with E-state index in [1.165, 1.54) is 38.1 Å². The molecule has 0 aliphatic rings. The molecule has 0 atom stereocenters. The number of phenols is 1. The molecule has 0 saturated carbocycles. The topological polar surface area (TPSA) is 89.9 Å². The highest BCUT2D eigenvalue weighted by atomic mass is 16.7. The second-order valence-electron chi connectivity index (χ2n) is 5.44. The number of ketones is 2. The minimum absolute atomic E-state index is 0.0180. The average Bonchev–Trinajstić information content (AvgIpc) is 2.59. The van der Waals surface area contributed by atoms with Crippen molar-refractivity contribution in [2.75, 3.05) is 6.79 Å². The number of carbonyl (C=O) groups excluding carboxylic acids is 3. The third-order valence-electron chi connectivity index (χ3n) is 3.58. The Labute approximate surface area is 145 Å². The smallest absolute Gasteiger partial charge is 0.189 e. The number of ether oxygens (including phenoxy) is 2. The van der Waals surface area contributed by atoms with E-state index < -0.39 is 0 Å². The van der Waals surface area contributed by atoms with Crippen molar-refractivity contribution in [3.8, 4) is 11.5 Å². The lowest BCUT2D eigenvalue weighted by Gasteiger charge is -2.11. The minimum atomic E-state index is -0.163. The van der Waals surface area contributed by atoms with E-state index in [9.17, 15) is 19.5 Å². The molecule has 6 heteroatoms. The third kappa shape index (κ3) is 4.74. The minimum Gasteiger partial charge on any atom is -0.508 e. The molecule has 0 aliphatic heterocycles. The van der Waals surface area contributed by atoms with Crippen molar-refractivity contribution in [1.29, 1.82) is 0 Å². The second-order valence-corrected chi connectivity index (χ2v) is 5.44. The van der Waals surface area contributed by atoms with Gasteiger partial charge in [0, 0.05) is 16.7 Å². The van der Waals surface area contributed by atoms with Crippen LogP contribution in [-0.2, 0) is 11.3 Å². The molecule has 2 aromatic rings. The summed E-state index contributed by atoms with van der Waals surface area (Å²) in [5.74, 6) is 0.0523. The summed E-state index contributed by atoms with van der Waals surface area (Å²) in [6.45, 7) is 2.72. The van der Waals surface area contributed by atoms with Crippen molar-refractivity contribution >= 4 is 17.9 Å². The van der Waals surface area contributed by atoms with Gasteiger partial charge in [-0.25, -0.2) is 0 Å². The zero-order valence-corrected chi connectivity index (χ0v) is 13.9. The summed E-state index contributed by atoms with van der Waals surface area (Å²) in [6.07, 6.45) is 0.601. The Bertz CT molecular complexity index is 810. The summed E-state index contributed by atoms with van der Waals surface area (Å²) < 4.78 is 10.7. The maximum Gasteiger partial charge on any atom is 0.189 e. The first-order valence-electron chi connectivity index (χ1n) is 7.56. The maximum atomic E-state index is 11.4. The van der Waals surface area contributed by atoms with Gasteiger partial charge in [0.05, 0.1) is 12.2 Å². The van der Waals surface area contributed by atoms with E-state index in [0.29, 0.717) is 28.7 Å². The highest BCUT2D eigenvalue weighted by Gasteiger charge is 2.09. The quantitative estimate of drug-likeness (QED) is 0.343. The molecule has 0 unspecified atom stereocenters. The highest BCUT2D eigenvalue weighted by molar-refractivity contribution is 5.96. The van der Waals surface area contributed by atoms with Crippen LogP contribution < -0.4 is 4.74 Å². The molecule has 1 N–H and O–H groups in total. The maximum absolute atomic E-state index is 11.4. The number of carbonyl (C=O) groups is 3.